The van der Waals surface area contributed by atoms with Gasteiger partial charge >= 0.3 is 0 Å². The van der Waals surface area contributed by atoms with E-state index in [2.05, 4.69) is 10.9 Å². The van der Waals surface area contributed by atoms with E-state index in [1.807, 2.05) is 0 Å². The number of hydrogen-bond donors (Lipinski definition) is 3. The van der Waals surface area contributed by atoms with Crippen molar-refractivity contribution in [2.24, 2.45) is 0 Å². The highest BCUT2D eigenvalue weighted by atomic mass is 32.1. The van der Waals surface area contributed by atoms with Crippen LogP contribution in [0.3, 0.4) is 0 Å². The lowest BCUT2D eigenvalue weighted by atomic mass is 9.98. The van der Waals surface area contributed by atoms with Crippen LogP contribution in [0, 0.1) is 17.1 Å². The first kappa shape index (κ1) is 13.9. The molecule has 0 amide bonds. The summed E-state index contributed by atoms with van der Waals surface area (Å²) in [6.07, 6.45) is 1.51. The summed E-state index contributed by atoms with van der Waals surface area (Å²) in [5.41, 5.74) is -2.27. The van der Waals surface area contributed by atoms with E-state index in [1.165, 1.54) is 6.20 Å². The van der Waals surface area contributed by atoms with Crippen LogP contribution < -0.4 is 5.56 Å². The zero-order valence-corrected chi connectivity index (χ0v) is 10.4. The molecule has 0 unspecified atom stereocenters. The third-order valence-electron chi connectivity index (χ3n) is 2.99. The van der Waals surface area contributed by atoms with E-state index in [0.717, 1.165) is 10.6 Å². The number of aromatic nitrogens is 2. The van der Waals surface area contributed by atoms with Gasteiger partial charge in [0.15, 0.2) is 22.8 Å². The van der Waals surface area contributed by atoms with E-state index in [9.17, 15) is 19.4 Å². The Labute approximate surface area is 112 Å². The number of nitrogens with zero attached hydrogens (tertiary/aromatic N) is 1. The molecule has 0 saturated carbocycles. The van der Waals surface area contributed by atoms with E-state index < -0.39 is 36.3 Å². The summed E-state index contributed by atoms with van der Waals surface area (Å²) >= 11 is 4.88. The van der Waals surface area contributed by atoms with Crippen molar-refractivity contribution >= 4 is 12.2 Å². The molecule has 2 heterocycles. The van der Waals surface area contributed by atoms with Gasteiger partial charge in [-0.3, -0.25) is 14.3 Å². The monoisotopic (exact) mass is 286 g/mol. The smallest absolute Gasteiger partial charge is 0.251 e. The lowest BCUT2D eigenvalue weighted by Gasteiger charge is -2.23. The number of aliphatic hydroxyl groups excluding tert-OH is 2. The number of alkyl halides is 1. The Morgan fingerprint density at radius 2 is 2.42 bits per heavy atom. The van der Waals surface area contributed by atoms with Crippen LogP contribution >= 0.6 is 12.2 Å². The zero-order valence-electron chi connectivity index (χ0n) is 9.62. The van der Waals surface area contributed by atoms with Crippen molar-refractivity contribution < 1.29 is 19.3 Å². The minimum atomic E-state index is -1.89. The van der Waals surface area contributed by atoms with Crippen LogP contribution in [-0.2, 0) is 4.74 Å². The summed E-state index contributed by atoms with van der Waals surface area (Å²) in [5.74, 6) is 2.06. The van der Waals surface area contributed by atoms with Crippen LogP contribution in [0.25, 0.3) is 0 Å². The Morgan fingerprint density at radius 3 is 2.89 bits per heavy atom. The molecule has 1 aliphatic heterocycles. The fourth-order valence-corrected chi connectivity index (χ4v) is 2.16. The van der Waals surface area contributed by atoms with Gasteiger partial charge in [0.1, 0.15) is 6.10 Å². The summed E-state index contributed by atoms with van der Waals surface area (Å²) < 4.78 is 20.4. The molecule has 6 nitrogen and oxygen atoms in total. The van der Waals surface area contributed by atoms with Gasteiger partial charge in [0.2, 0.25) is 0 Å². The Bertz CT molecular complexity index is 637. The maximum absolute atomic E-state index is 14.1. The normalized spacial score (nSPS) is 34.1. The van der Waals surface area contributed by atoms with Gasteiger partial charge in [-0.15, -0.1) is 6.42 Å². The predicted molar refractivity (Wildman–Crippen MR) is 65.6 cm³/mol. The summed E-state index contributed by atoms with van der Waals surface area (Å²) in [5, 5.41) is 19.0. The van der Waals surface area contributed by atoms with Gasteiger partial charge in [0.25, 0.3) is 5.56 Å². The highest BCUT2D eigenvalue weighted by Crippen LogP contribution is 2.38. The third-order valence-corrected chi connectivity index (χ3v) is 3.30. The molecule has 0 aromatic carbocycles. The van der Waals surface area contributed by atoms with Gasteiger partial charge in [-0.2, -0.15) is 0 Å². The lowest BCUT2D eigenvalue weighted by molar-refractivity contribution is -0.0917. The molecule has 1 saturated heterocycles. The third kappa shape index (κ3) is 2.11. The van der Waals surface area contributed by atoms with Gasteiger partial charge in [-0.05, 0) is 12.2 Å². The van der Waals surface area contributed by atoms with Crippen molar-refractivity contribution in [2.75, 3.05) is 6.61 Å². The molecular weight excluding hydrogens is 275 g/mol. The van der Waals surface area contributed by atoms with Crippen LogP contribution in [0.1, 0.15) is 6.23 Å². The van der Waals surface area contributed by atoms with Crippen LogP contribution in [0.5, 0.6) is 0 Å². The number of halogens is 1. The van der Waals surface area contributed by atoms with Crippen molar-refractivity contribution in [3.63, 3.8) is 0 Å². The van der Waals surface area contributed by atoms with Crippen LogP contribution in [0.4, 0.5) is 4.39 Å². The fraction of sp³-hybridized carbons (Fsp3) is 0.455. The average molecular weight is 286 g/mol. The molecule has 1 fully saturated rings. The van der Waals surface area contributed by atoms with E-state index in [4.69, 9.17) is 23.4 Å². The van der Waals surface area contributed by atoms with Crippen molar-refractivity contribution in [3.8, 4) is 12.3 Å². The molecule has 19 heavy (non-hydrogen) atoms. The van der Waals surface area contributed by atoms with E-state index in [1.54, 1.807) is 0 Å². The Kier molecular flexibility index (Phi) is 3.56. The fourth-order valence-electron chi connectivity index (χ4n) is 1.90. The first-order chi connectivity index (χ1) is 8.95. The summed E-state index contributed by atoms with van der Waals surface area (Å²) in [6, 6.07) is 1.13. The summed E-state index contributed by atoms with van der Waals surface area (Å²) in [7, 11) is 0. The van der Waals surface area contributed by atoms with Gasteiger partial charge < -0.3 is 14.9 Å². The van der Waals surface area contributed by atoms with Crippen molar-refractivity contribution in [3.05, 3.63) is 27.4 Å². The second kappa shape index (κ2) is 4.86. The van der Waals surface area contributed by atoms with E-state index in [-0.39, 0.29) is 4.77 Å². The van der Waals surface area contributed by atoms with E-state index in [0.29, 0.717) is 0 Å². The average Bonchev–Trinajstić information content (AvgIpc) is 2.64. The molecule has 3 N–H and O–H groups in total. The van der Waals surface area contributed by atoms with Crippen molar-refractivity contribution in [2.45, 2.75) is 24.1 Å². The minimum Gasteiger partial charge on any atom is -0.392 e. The highest BCUT2D eigenvalue weighted by molar-refractivity contribution is 7.71. The summed E-state index contributed by atoms with van der Waals surface area (Å²) in [4.78, 5) is 13.3. The second-order valence-corrected chi connectivity index (χ2v) is 4.49. The van der Waals surface area contributed by atoms with Crippen molar-refractivity contribution in [1.29, 1.82) is 0 Å². The maximum atomic E-state index is 14.1. The lowest BCUT2D eigenvalue weighted by Crippen LogP contribution is -2.44. The predicted octanol–water partition coefficient (Wildman–Crippen LogP) is -0.502. The molecule has 8 heteroatoms. The Hall–Kier alpha value is -1.53. The number of H-pyrrole nitrogens is 1. The molecule has 1 aromatic heterocycles. The molecular formula is C11H11FN2O4S. The largest absolute Gasteiger partial charge is 0.392 e. The first-order valence-corrected chi connectivity index (χ1v) is 5.76. The van der Waals surface area contributed by atoms with Gasteiger partial charge in [0, 0.05) is 12.3 Å². The molecule has 1 aromatic rings. The van der Waals surface area contributed by atoms with Gasteiger partial charge in [-0.25, -0.2) is 4.39 Å². The quantitative estimate of drug-likeness (QED) is 0.504. The highest BCUT2D eigenvalue weighted by Gasteiger charge is 2.55. The molecule has 0 radical (unpaired) electrons. The maximum Gasteiger partial charge on any atom is 0.251 e. The number of hydrogen-bond acceptors (Lipinski definition) is 5. The molecule has 102 valence electrons. The molecule has 1 aliphatic rings. The van der Waals surface area contributed by atoms with Crippen LogP contribution in [-0.4, -0.2) is 44.2 Å². The standard InChI is InChI=1S/C11H11FN2O4S/c1-2-11(5-15)8(17)7(12)9(18-11)14-4-3-6(16)13-10(14)19/h1,3-4,7-9,15,17H,5H2,(H,13,16,19)/t7-,8+,9+,11+/m0/s1. The van der Waals surface area contributed by atoms with Gasteiger partial charge in [0.05, 0.1) is 6.61 Å². The number of aliphatic hydroxyl groups is 2. The molecule has 2 rings (SSSR count). The van der Waals surface area contributed by atoms with Gasteiger partial charge in [-0.1, -0.05) is 5.92 Å². The molecule has 0 aliphatic carbocycles. The topological polar surface area (TPSA) is 87.5 Å². The number of aromatic amines is 1. The second-order valence-electron chi connectivity index (χ2n) is 4.11. The molecule has 0 spiro atoms. The summed E-state index contributed by atoms with van der Waals surface area (Å²) in [6.45, 7) is -0.738. The number of rotatable bonds is 2. The van der Waals surface area contributed by atoms with E-state index >= 15 is 0 Å². The van der Waals surface area contributed by atoms with Crippen LogP contribution in [0.2, 0.25) is 0 Å². The zero-order chi connectivity index (χ0) is 14.2. The Balaban J connectivity index is 2.46. The number of nitrogens with one attached hydrogen (secondary N) is 1. The van der Waals surface area contributed by atoms with Crippen LogP contribution in [0.15, 0.2) is 17.1 Å². The number of ether oxygens (including phenoxy) is 1. The Morgan fingerprint density at radius 1 is 1.74 bits per heavy atom. The molecule has 0 bridgehead atoms. The minimum absolute atomic E-state index is 0.0712. The first-order valence-electron chi connectivity index (χ1n) is 5.35. The molecule has 4 atom stereocenters. The SMILES string of the molecule is C#C[C@]1(CO)O[C@@H](n2ccc(=O)[nH]c2=S)[C@@H](F)[C@H]1O. The van der Waals surface area contributed by atoms with Crippen molar-refractivity contribution in [1.82, 2.24) is 9.55 Å². The number of terminal acetylenes is 1.